The Bertz CT molecular complexity index is 523. The number of hydrogen-bond donors (Lipinski definition) is 0. The summed E-state index contributed by atoms with van der Waals surface area (Å²) in [6.45, 7) is 4.22. The number of halogens is 2. The second-order valence-corrected chi connectivity index (χ2v) is 9.53. The molecule has 0 nitrogen and oxygen atoms in total. The van der Waals surface area contributed by atoms with Crippen LogP contribution in [-0.4, -0.2) is 0 Å². The van der Waals surface area contributed by atoms with Crippen LogP contribution in [0.2, 0.25) is 0 Å². The van der Waals surface area contributed by atoms with E-state index >= 15 is 0 Å². The Labute approximate surface area is 151 Å². The van der Waals surface area contributed by atoms with Crippen molar-refractivity contribution in [1.82, 2.24) is 0 Å². The van der Waals surface area contributed by atoms with Gasteiger partial charge in [-0.1, -0.05) is 96.1 Å². The van der Waals surface area contributed by atoms with Gasteiger partial charge in [0.15, 0.2) is 0 Å². The number of alkyl halides is 2. The molecule has 0 saturated carbocycles. The first-order valence-electron chi connectivity index (χ1n) is 7.40. The highest BCUT2D eigenvalue weighted by molar-refractivity contribution is 8.77. The Morgan fingerprint density at radius 1 is 0.682 bits per heavy atom. The summed E-state index contributed by atoms with van der Waals surface area (Å²) in [4.78, 5) is 0. The lowest BCUT2D eigenvalue weighted by Gasteiger charge is -2.31. The third-order valence-corrected chi connectivity index (χ3v) is 9.23. The fourth-order valence-corrected chi connectivity index (χ4v) is 5.99. The SMILES string of the molecule is CCC(Cl)(SSC(Cl)(CC)c1ccccc1)c1ccccc1. The molecule has 22 heavy (non-hydrogen) atoms. The van der Waals surface area contributed by atoms with Crippen LogP contribution in [0.4, 0.5) is 0 Å². The highest BCUT2D eigenvalue weighted by Crippen LogP contribution is 2.58. The smallest absolute Gasteiger partial charge is 0.101 e. The van der Waals surface area contributed by atoms with Crippen molar-refractivity contribution in [2.24, 2.45) is 0 Å². The number of rotatable bonds is 7. The van der Waals surface area contributed by atoms with Gasteiger partial charge in [-0.3, -0.25) is 0 Å². The molecule has 2 aromatic rings. The van der Waals surface area contributed by atoms with Crippen molar-refractivity contribution in [2.45, 2.75) is 35.1 Å². The second-order valence-electron chi connectivity index (χ2n) is 5.06. The molecule has 0 radical (unpaired) electrons. The molecule has 0 amide bonds. The average Bonchev–Trinajstić information content (AvgIpc) is 2.61. The van der Waals surface area contributed by atoms with Crippen LogP contribution < -0.4 is 0 Å². The minimum atomic E-state index is -0.462. The van der Waals surface area contributed by atoms with E-state index in [0.717, 1.165) is 24.0 Å². The first-order valence-corrected chi connectivity index (χ1v) is 10.3. The lowest BCUT2D eigenvalue weighted by atomic mass is 10.1. The van der Waals surface area contributed by atoms with Gasteiger partial charge in [0.25, 0.3) is 0 Å². The molecule has 0 aliphatic rings. The van der Waals surface area contributed by atoms with E-state index in [-0.39, 0.29) is 0 Å². The summed E-state index contributed by atoms with van der Waals surface area (Å²) in [5.74, 6) is 0. The average molecular weight is 371 g/mol. The van der Waals surface area contributed by atoms with Crippen molar-refractivity contribution in [2.75, 3.05) is 0 Å². The molecule has 0 bridgehead atoms. The quantitative estimate of drug-likeness (QED) is 0.368. The molecule has 2 atom stereocenters. The van der Waals surface area contributed by atoms with Gasteiger partial charge in [-0.15, -0.1) is 23.2 Å². The molecule has 0 aliphatic heterocycles. The Morgan fingerprint density at radius 3 is 1.27 bits per heavy atom. The van der Waals surface area contributed by atoms with Crippen LogP contribution >= 0.6 is 44.8 Å². The molecule has 0 heterocycles. The standard InChI is InChI=1S/C18H20Cl2S2/c1-3-17(19,15-11-7-5-8-12-15)21-22-18(20,4-2)16-13-9-6-10-14-16/h5-14H,3-4H2,1-2H3. The van der Waals surface area contributed by atoms with Crippen LogP contribution in [0, 0.1) is 0 Å². The highest BCUT2D eigenvalue weighted by Gasteiger charge is 2.35. The highest BCUT2D eigenvalue weighted by atomic mass is 35.5. The van der Waals surface area contributed by atoms with E-state index in [9.17, 15) is 0 Å². The van der Waals surface area contributed by atoms with Gasteiger partial charge < -0.3 is 0 Å². The van der Waals surface area contributed by atoms with Crippen molar-refractivity contribution >= 4 is 44.8 Å². The zero-order valence-electron chi connectivity index (χ0n) is 12.8. The summed E-state index contributed by atoms with van der Waals surface area (Å²) >= 11 is 13.8. The van der Waals surface area contributed by atoms with Gasteiger partial charge in [-0.25, -0.2) is 0 Å². The summed E-state index contributed by atoms with van der Waals surface area (Å²) in [5, 5.41) is 0. The van der Waals surface area contributed by atoms with E-state index in [2.05, 4.69) is 38.1 Å². The zero-order valence-corrected chi connectivity index (χ0v) is 15.9. The van der Waals surface area contributed by atoms with Crippen molar-refractivity contribution in [1.29, 1.82) is 0 Å². The topological polar surface area (TPSA) is 0 Å². The van der Waals surface area contributed by atoms with E-state index in [4.69, 9.17) is 23.2 Å². The summed E-state index contributed by atoms with van der Waals surface area (Å²) in [6.07, 6.45) is 1.67. The van der Waals surface area contributed by atoms with E-state index in [0.29, 0.717) is 0 Å². The largest absolute Gasteiger partial charge is 0.124 e. The summed E-state index contributed by atoms with van der Waals surface area (Å²) in [7, 11) is 3.31. The molecular formula is C18H20Cl2S2. The first kappa shape index (κ1) is 18.1. The van der Waals surface area contributed by atoms with Crippen LogP contribution in [0.25, 0.3) is 0 Å². The molecule has 0 aromatic heterocycles. The maximum Gasteiger partial charge on any atom is 0.124 e. The third kappa shape index (κ3) is 4.17. The van der Waals surface area contributed by atoms with Gasteiger partial charge in [-0.05, 0) is 24.0 Å². The fourth-order valence-electron chi connectivity index (χ4n) is 2.13. The summed E-state index contributed by atoms with van der Waals surface area (Å²) in [5.41, 5.74) is 2.25. The first-order chi connectivity index (χ1) is 10.5. The van der Waals surface area contributed by atoms with Gasteiger partial charge >= 0.3 is 0 Å². The molecule has 0 fully saturated rings. The minimum absolute atomic E-state index is 0.462. The Morgan fingerprint density at radius 2 is 1.00 bits per heavy atom. The molecule has 118 valence electrons. The van der Waals surface area contributed by atoms with Crippen LogP contribution in [0.1, 0.15) is 37.8 Å². The number of benzene rings is 2. The molecule has 2 aromatic carbocycles. The predicted octanol–water partition coefficient (Wildman–Crippen LogP) is 7.37. The molecular weight excluding hydrogens is 351 g/mol. The van der Waals surface area contributed by atoms with Crippen molar-refractivity contribution in [3.63, 3.8) is 0 Å². The molecule has 4 heteroatoms. The molecule has 0 spiro atoms. The third-order valence-electron chi connectivity index (χ3n) is 3.63. The molecule has 0 aliphatic carbocycles. The molecule has 0 N–H and O–H groups in total. The van der Waals surface area contributed by atoms with Gasteiger partial charge in [0.2, 0.25) is 0 Å². The van der Waals surface area contributed by atoms with E-state index < -0.39 is 8.41 Å². The van der Waals surface area contributed by atoms with Crippen LogP contribution in [0.5, 0.6) is 0 Å². The maximum atomic E-state index is 6.88. The molecule has 2 rings (SSSR count). The summed E-state index contributed by atoms with van der Waals surface area (Å²) < 4.78 is -0.925. The Hall–Kier alpha value is -0.280. The van der Waals surface area contributed by atoms with Gasteiger partial charge in [0, 0.05) is 0 Å². The van der Waals surface area contributed by atoms with Gasteiger partial charge in [-0.2, -0.15) is 0 Å². The van der Waals surface area contributed by atoms with Crippen molar-refractivity contribution in [3.8, 4) is 0 Å². The van der Waals surface area contributed by atoms with E-state index in [1.807, 2.05) is 36.4 Å². The van der Waals surface area contributed by atoms with E-state index in [1.165, 1.54) is 0 Å². The lowest BCUT2D eigenvalue weighted by molar-refractivity contribution is 0.815. The Kier molecular flexibility index (Phi) is 6.58. The number of hydrogen-bond acceptors (Lipinski definition) is 2. The maximum absolute atomic E-state index is 6.88. The minimum Gasteiger partial charge on any atom is -0.101 e. The van der Waals surface area contributed by atoms with Crippen LogP contribution in [0.3, 0.4) is 0 Å². The van der Waals surface area contributed by atoms with E-state index in [1.54, 1.807) is 21.6 Å². The van der Waals surface area contributed by atoms with Crippen LogP contribution in [0.15, 0.2) is 60.7 Å². The van der Waals surface area contributed by atoms with Gasteiger partial charge in [0.1, 0.15) is 8.41 Å². The monoisotopic (exact) mass is 370 g/mol. The zero-order chi connectivity index (χ0) is 16.1. The van der Waals surface area contributed by atoms with Crippen molar-refractivity contribution in [3.05, 3.63) is 71.8 Å². The van der Waals surface area contributed by atoms with Crippen LogP contribution in [-0.2, 0) is 8.41 Å². The van der Waals surface area contributed by atoms with Gasteiger partial charge in [0.05, 0.1) is 0 Å². The molecule has 2 unspecified atom stereocenters. The molecule has 0 saturated heterocycles. The lowest BCUT2D eigenvalue weighted by Crippen LogP contribution is -2.16. The fraction of sp³-hybridized carbons (Fsp3) is 0.333. The summed E-state index contributed by atoms with van der Waals surface area (Å²) in [6, 6.07) is 20.4. The second kappa shape index (κ2) is 8.01. The predicted molar refractivity (Wildman–Crippen MR) is 104 cm³/mol. The normalized spacial score (nSPS) is 16.7. The Balaban J connectivity index is 2.18. The van der Waals surface area contributed by atoms with Crippen molar-refractivity contribution < 1.29 is 0 Å².